The molecule has 0 saturated carbocycles. The Hall–Kier alpha value is -3.20. The van der Waals surface area contributed by atoms with Crippen molar-refractivity contribution in [2.75, 3.05) is 25.0 Å². The third-order valence-corrected chi connectivity index (χ3v) is 7.13. The molecular formula is C26H26Cl2N6O2. The van der Waals surface area contributed by atoms with Gasteiger partial charge in [0.05, 0.1) is 27.5 Å². The van der Waals surface area contributed by atoms with E-state index in [-0.39, 0.29) is 5.56 Å². The molecule has 0 unspecified atom stereocenters. The number of rotatable bonds is 7. The van der Waals surface area contributed by atoms with Gasteiger partial charge in [0.2, 0.25) is 11.8 Å². The van der Waals surface area contributed by atoms with E-state index in [1.54, 1.807) is 43.7 Å². The monoisotopic (exact) mass is 524 g/mol. The van der Waals surface area contributed by atoms with Crippen molar-refractivity contribution >= 4 is 45.9 Å². The maximum absolute atomic E-state index is 13.1. The van der Waals surface area contributed by atoms with Crippen LogP contribution in [-0.4, -0.2) is 50.2 Å². The second-order valence-electron chi connectivity index (χ2n) is 8.74. The minimum atomic E-state index is -0.255. The number of likely N-dealkylation sites (tertiary alicyclic amines) is 1. The molecule has 5 rings (SSSR count). The van der Waals surface area contributed by atoms with E-state index in [1.807, 2.05) is 12.1 Å². The average Bonchev–Trinajstić information content (AvgIpc) is 3.34. The van der Waals surface area contributed by atoms with Crippen molar-refractivity contribution in [3.05, 3.63) is 69.2 Å². The fourth-order valence-corrected chi connectivity index (χ4v) is 5.19. The summed E-state index contributed by atoms with van der Waals surface area (Å²) in [6.07, 6.45) is 5.70. The van der Waals surface area contributed by atoms with Crippen LogP contribution in [0.15, 0.2) is 53.6 Å². The standard InChI is InChI=1S/C26H26Cl2N6O2/c1-3-34-11-5-6-18(34)15-36-22-10-9-17(14-29-22)31-26-30-13-16-12-19(25(35)33(2)24(16)32-26)23-20(27)7-4-8-21(23)28/h4,7-10,12-14,18H,3,5-6,11,15H2,1-2H3,(H,30,31,32)/t18-/m1/s1. The average molecular weight is 525 g/mol. The number of nitrogens with one attached hydrogen (secondary N) is 1. The van der Waals surface area contributed by atoms with E-state index < -0.39 is 0 Å². The number of benzene rings is 1. The molecule has 36 heavy (non-hydrogen) atoms. The van der Waals surface area contributed by atoms with Crippen molar-refractivity contribution < 1.29 is 4.74 Å². The molecule has 1 saturated heterocycles. The highest BCUT2D eigenvalue weighted by molar-refractivity contribution is 6.39. The van der Waals surface area contributed by atoms with Gasteiger partial charge in [0.15, 0.2) is 0 Å². The predicted octanol–water partition coefficient (Wildman–Crippen LogP) is 5.30. The number of ether oxygens (including phenoxy) is 1. The summed E-state index contributed by atoms with van der Waals surface area (Å²) in [5.41, 5.74) is 1.82. The van der Waals surface area contributed by atoms with Crippen LogP contribution < -0.4 is 15.6 Å². The zero-order valence-electron chi connectivity index (χ0n) is 20.0. The summed E-state index contributed by atoms with van der Waals surface area (Å²) < 4.78 is 7.38. The lowest BCUT2D eigenvalue weighted by Gasteiger charge is -2.22. The fourth-order valence-electron chi connectivity index (χ4n) is 4.59. The van der Waals surface area contributed by atoms with Crippen LogP contribution >= 0.6 is 23.2 Å². The van der Waals surface area contributed by atoms with E-state index >= 15 is 0 Å². The Bertz CT molecular complexity index is 1440. The molecule has 4 heterocycles. The van der Waals surface area contributed by atoms with E-state index in [0.29, 0.717) is 62.4 Å². The fraction of sp³-hybridized carbons (Fsp3) is 0.308. The number of likely N-dealkylation sites (N-methyl/N-ethyl adjacent to an activating group) is 1. The number of aromatic nitrogens is 4. The SMILES string of the molecule is CCN1CCC[C@@H]1COc1ccc(Nc2ncc3cc(-c4c(Cl)cccc4Cl)c(=O)n(C)c3n2)cn1. The summed E-state index contributed by atoms with van der Waals surface area (Å²) in [7, 11) is 1.66. The van der Waals surface area contributed by atoms with Gasteiger partial charge in [-0.25, -0.2) is 9.97 Å². The number of nitrogens with zero attached hydrogens (tertiary/aromatic N) is 5. The summed E-state index contributed by atoms with van der Waals surface area (Å²) >= 11 is 12.7. The summed E-state index contributed by atoms with van der Waals surface area (Å²) in [5, 5.41) is 4.64. The van der Waals surface area contributed by atoms with Crippen LogP contribution in [0.5, 0.6) is 5.88 Å². The van der Waals surface area contributed by atoms with Crippen LogP contribution in [0.4, 0.5) is 11.6 Å². The molecule has 1 aliphatic heterocycles. The van der Waals surface area contributed by atoms with Gasteiger partial charge in [0, 0.05) is 36.3 Å². The quantitative estimate of drug-likeness (QED) is 0.350. The number of fused-ring (bicyclic) bond motifs is 1. The first-order chi connectivity index (χ1) is 17.4. The van der Waals surface area contributed by atoms with Crippen LogP contribution in [0, 0.1) is 0 Å². The summed E-state index contributed by atoms with van der Waals surface area (Å²) in [6, 6.07) is 11.0. The van der Waals surface area contributed by atoms with Gasteiger partial charge < -0.3 is 10.1 Å². The molecule has 8 nitrogen and oxygen atoms in total. The van der Waals surface area contributed by atoms with Gasteiger partial charge >= 0.3 is 0 Å². The number of anilines is 2. The zero-order chi connectivity index (χ0) is 25.2. The van der Waals surface area contributed by atoms with E-state index in [4.69, 9.17) is 27.9 Å². The van der Waals surface area contributed by atoms with Crippen LogP contribution in [0.25, 0.3) is 22.2 Å². The molecule has 1 atom stereocenters. The van der Waals surface area contributed by atoms with Crippen LogP contribution in [0.1, 0.15) is 19.8 Å². The van der Waals surface area contributed by atoms with Crippen LogP contribution in [-0.2, 0) is 7.05 Å². The number of halogens is 2. The molecule has 1 aliphatic rings. The molecule has 0 radical (unpaired) electrons. The zero-order valence-corrected chi connectivity index (χ0v) is 21.6. The molecule has 0 amide bonds. The van der Waals surface area contributed by atoms with Crippen LogP contribution in [0.3, 0.4) is 0 Å². The Kier molecular flexibility index (Phi) is 7.09. The topological polar surface area (TPSA) is 85.2 Å². The van der Waals surface area contributed by atoms with Crippen molar-refractivity contribution in [3.63, 3.8) is 0 Å². The number of hydrogen-bond acceptors (Lipinski definition) is 7. The molecule has 1 fully saturated rings. The van der Waals surface area contributed by atoms with Crippen molar-refractivity contribution in [2.45, 2.75) is 25.8 Å². The Labute approximate surface area is 218 Å². The molecule has 0 spiro atoms. The van der Waals surface area contributed by atoms with Gasteiger partial charge in [0.25, 0.3) is 5.56 Å². The molecule has 10 heteroatoms. The highest BCUT2D eigenvalue weighted by Gasteiger charge is 2.23. The molecule has 186 valence electrons. The molecule has 0 bridgehead atoms. The van der Waals surface area contributed by atoms with Gasteiger partial charge in [-0.2, -0.15) is 4.98 Å². The van der Waals surface area contributed by atoms with Crippen molar-refractivity contribution in [1.29, 1.82) is 0 Å². The smallest absolute Gasteiger partial charge is 0.259 e. The number of pyridine rings is 2. The van der Waals surface area contributed by atoms with Crippen molar-refractivity contribution in [3.8, 4) is 17.0 Å². The molecule has 1 aromatic carbocycles. The molecule has 3 aromatic heterocycles. The normalized spacial score (nSPS) is 15.9. The first kappa shape index (κ1) is 24.5. The minimum Gasteiger partial charge on any atom is -0.476 e. The second kappa shape index (κ2) is 10.4. The van der Waals surface area contributed by atoms with Gasteiger partial charge in [-0.3, -0.25) is 14.3 Å². The lowest BCUT2D eigenvalue weighted by molar-refractivity contribution is 0.175. The van der Waals surface area contributed by atoms with E-state index in [0.717, 1.165) is 19.5 Å². The maximum atomic E-state index is 13.1. The second-order valence-corrected chi connectivity index (χ2v) is 9.55. The first-order valence-electron chi connectivity index (χ1n) is 11.9. The lowest BCUT2D eigenvalue weighted by atomic mass is 10.1. The Balaban J connectivity index is 1.34. The highest BCUT2D eigenvalue weighted by atomic mass is 35.5. The van der Waals surface area contributed by atoms with E-state index in [9.17, 15) is 4.79 Å². The van der Waals surface area contributed by atoms with E-state index in [2.05, 4.69) is 32.1 Å². The molecule has 4 aromatic rings. The summed E-state index contributed by atoms with van der Waals surface area (Å²) in [4.78, 5) is 28.9. The molecule has 0 aliphatic carbocycles. The number of aryl methyl sites for hydroxylation is 1. The van der Waals surface area contributed by atoms with Crippen molar-refractivity contribution in [2.24, 2.45) is 7.05 Å². The minimum absolute atomic E-state index is 0.255. The van der Waals surface area contributed by atoms with E-state index in [1.165, 1.54) is 11.0 Å². The third kappa shape index (κ3) is 4.89. The van der Waals surface area contributed by atoms with Gasteiger partial charge in [0.1, 0.15) is 12.3 Å². The van der Waals surface area contributed by atoms with Gasteiger partial charge in [-0.1, -0.05) is 36.2 Å². The first-order valence-corrected chi connectivity index (χ1v) is 12.6. The molecule has 1 N–H and O–H groups in total. The number of hydrogen-bond donors (Lipinski definition) is 1. The van der Waals surface area contributed by atoms with Gasteiger partial charge in [-0.15, -0.1) is 0 Å². The molecular weight excluding hydrogens is 499 g/mol. The van der Waals surface area contributed by atoms with Gasteiger partial charge in [-0.05, 0) is 50.2 Å². The van der Waals surface area contributed by atoms with Crippen molar-refractivity contribution in [1.82, 2.24) is 24.4 Å². The Morgan fingerprint density at radius 2 is 1.94 bits per heavy atom. The summed E-state index contributed by atoms with van der Waals surface area (Å²) in [6.45, 7) is 4.98. The highest BCUT2D eigenvalue weighted by Crippen LogP contribution is 2.33. The third-order valence-electron chi connectivity index (χ3n) is 6.50. The van der Waals surface area contributed by atoms with Crippen LogP contribution in [0.2, 0.25) is 10.0 Å². The lowest BCUT2D eigenvalue weighted by Crippen LogP contribution is -2.33. The summed E-state index contributed by atoms with van der Waals surface area (Å²) in [5.74, 6) is 0.928. The largest absolute Gasteiger partial charge is 0.476 e. The maximum Gasteiger partial charge on any atom is 0.259 e. The predicted molar refractivity (Wildman–Crippen MR) is 144 cm³/mol. The Morgan fingerprint density at radius 3 is 2.67 bits per heavy atom. The Morgan fingerprint density at radius 1 is 1.14 bits per heavy atom.